The highest BCUT2D eigenvalue weighted by atomic mass is 16.1. The molecule has 5 heteroatoms. The zero-order chi connectivity index (χ0) is 17.9. The highest BCUT2D eigenvalue weighted by Gasteiger charge is 2.13. The van der Waals surface area contributed by atoms with Crippen LogP contribution in [0.3, 0.4) is 0 Å². The third-order valence-electron chi connectivity index (χ3n) is 4.19. The number of nitrogens with zero attached hydrogens (tertiary/aromatic N) is 1. The number of amides is 1. The summed E-state index contributed by atoms with van der Waals surface area (Å²) < 4.78 is 0. The number of hydrogen-bond acceptors (Lipinski definition) is 3. The number of aromatic nitrogens is 1. The predicted molar refractivity (Wildman–Crippen MR) is 94.1 cm³/mol. The number of nitrogens with one attached hydrogen (secondary N) is 2. The Kier molecular flexibility index (Phi) is 5.20. The summed E-state index contributed by atoms with van der Waals surface area (Å²) in [6, 6.07) is 7.84. The lowest BCUT2D eigenvalue weighted by Gasteiger charge is -2.12. The molecule has 0 unspecified atom stereocenters. The summed E-state index contributed by atoms with van der Waals surface area (Å²) in [5, 5.41) is 12.0. The zero-order valence-electron chi connectivity index (χ0n) is 14.4. The Morgan fingerprint density at radius 2 is 1.96 bits per heavy atom. The molecule has 2 N–H and O–H groups in total. The number of hydrogen-bond donors (Lipinski definition) is 2. The Labute approximate surface area is 141 Å². The lowest BCUT2D eigenvalue weighted by Crippen LogP contribution is -2.18. The van der Waals surface area contributed by atoms with E-state index >= 15 is 0 Å². The summed E-state index contributed by atoms with van der Waals surface area (Å²) in [4.78, 5) is 26.7. The molecule has 24 heavy (non-hydrogen) atoms. The Bertz CT molecular complexity index is 889. The van der Waals surface area contributed by atoms with Crippen molar-refractivity contribution < 1.29 is 4.79 Å². The molecular weight excluding hydrogens is 302 g/mol. The van der Waals surface area contributed by atoms with E-state index in [0.29, 0.717) is 17.7 Å². The summed E-state index contributed by atoms with van der Waals surface area (Å²) in [6.45, 7) is 7.46. The van der Waals surface area contributed by atoms with Gasteiger partial charge in [0.1, 0.15) is 11.6 Å². The van der Waals surface area contributed by atoms with Crippen LogP contribution in [0.1, 0.15) is 39.9 Å². The van der Waals surface area contributed by atoms with Crippen molar-refractivity contribution in [2.45, 2.75) is 40.5 Å². The molecule has 0 bridgehead atoms. The quantitative estimate of drug-likeness (QED) is 0.906. The largest absolute Gasteiger partial charge is 0.326 e. The van der Waals surface area contributed by atoms with Gasteiger partial charge in [-0.3, -0.25) is 9.59 Å². The van der Waals surface area contributed by atoms with Crippen molar-refractivity contribution in [2.24, 2.45) is 0 Å². The molecule has 0 aliphatic heterocycles. The van der Waals surface area contributed by atoms with E-state index in [9.17, 15) is 9.59 Å². The molecule has 2 rings (SSSR count). The predicted octanol–water partition coefficient (Wildman–Crippen LogP) is 3.05. The van der Waals surface area contributed by atoms with E-state index in [1.807, 2.05) is 38.1 Å². The van der Waals surface area contributed by atoms with Crippen LogP contribution in [-0.2, 0) is 11.2 Å². The first-order chi connectivity index (χ1) is 11.3. The van der Waals surface area contributed by atoms with Crippen molar-refractivity contribution in [1.29, 1.82) is 5.26 Å². The summed E-state index contributed by atoms with van der Waals surface area (Å²) in [7, 11) is 0. The number of carbonyl (C=O) groups excluding carboxylic acids is 1. The Hall–Kier alpha value is -2.87. The van der Waals surface area contributed by atoms with Crippen LogP contribution in [0, 0.1) is 39.0 Å². The normalized spacial score (nSPS) is 10.3. The molecule has 0 aliphatic rings. The topological polar surface area (TPSA) is 85.8 Å². The van der Waals surface area contributed by atoms with Gasteiger partial charge in [-0.2, -0.15) is 5.26 Å². The molecule has 0 radical (unpaired) electrons. The zero-order valence-corrected chi connectivity index (χ0v) is 14.4. The van der Waals surface area contributed by atoms with Gasteiger partial charge in [-0.15, -0.1) is 0 Å². The summed E-state index contributed by atoms with van der Waals surface area (Å²) in [6.07, 6.45) is 0.756. The first kappa shape index (κ1) is 17.5. The summed E-state index contributed by atoms with van der Waals surface area (Å²) >= 11 is 0. The minimum Gasteiger partial charge on any atom is -0.326 e. The molecule has 124 valence electrons. The van der Waals surface area contributed by atoms with Crippen molar-refractivity contribution in [2.75, 3.05) is 5.32 Å². The third kappa shape index (κ3) is 3.72. The maximum absolute atomic E-state index is 12.2. The molecule has 5 nitrogen and oxygen atoms in total. The van der Waals surface area contributed by atoms with Crippen molar-refractivity contribution in [1.82, 2.24) is 4.98 Å². The van der Waals surface area contributed by atoms with E-state index in [0.717, 1.165) is 22.4 Å². The van der Waals surface area contributed by atoms with Crippen LogP contribution in [0.5, 0.6) is 0 Å². The van der Waals surface area contributed by atoms with Gasteiger partial charge in [0, 0.05) is 17.8 Å². The number of benzene rings is 1. The minimum atomic E-state index is -0.379. The van der Waals surface area contributed by atoms with Gasteiger partial charge in [0.25, 0.3) is 5.56 Å². The average molecular weight is 323 g/mol. The lowest BCUT2D eigenvalue weighted by atomic mass is 9.99. The van der Waals surface area contributed by atoms with Gasteiger partial charge in [-0.25, -0.2) is 0 Å². The number of rotatable bonds is 4. The minimum absolute atomic E-state index is 0.0905. The van der Waals surface area contributed by atoms with E-state index in [-0.39, 0.29) is 23.5 Å². The summed E-state index contributed by atoms with van der Waals surface area (Å²) in [5.74, 6) is -0.0905. The molecule has 0 atom stereocenters. The van der Waals surface area contributed by atoms with E-state index < -0.39 is 0 Å². The molecule has 0 saturated heterocycles. The van der Waals surface area contributed by atoms with Gasteiger partial charge in [0.2, 0.25) is 5.91 Å². The van der Waals surface area contributed by atoms with Gasteiger partial charge < -0.3 is 10.3 Å². The SMILES string of the molecule is Cc1ccc(C)c(NC(=O)CCc2c(C)[nH]c(=O)c(C#N)c2C)c1. The average Bonchev–Trinajstić information content (AvgIpc) is 2.50. The van der Waals surface area contributed by atoms with Crippen LogP contribution < -0.4 is 10.9 Å². The maximum atomic E-state index is 12.2. The summed E-state index contributed by atoms with van der Waals surface area (Å²) in [5.41, 5.74) is 4.85. The Morgan fingerprint density at radius 3 is 2.62 bits per heavy atom. The number of anilines is 1. The monoisotopic (exact) mass is 323 g/mol. The van der Waals surface area contributed by atoms with Crippen LogP contribution in [-0.4, -0.2) is 10.9 Å². The van der Waals surface area contributed by atoms with Gasteiger partial charge in [-0.1, -0.05) is 12.1 Å². The van der Waals surface area contributed by atoms with Crippen molar-refractivity contribution in [3.8, 4) is 6.07 Å². The molecule has 0 saturated carbocycles. The molecule has 1 aromatic carbocycles. The first-order valence-corrected chi connectivity index (χ1v) is 7.83. The number of carbonyl (C=O) groups is 1. The highest BCUT2D eigenvalue weighted by Crippen LogP contribution is 2.18. The second kappa shape index (κ2) is 7.14. The van der Waals surface area contributed by atoms with Gasteiger partial charge in [-0.05, 0) is 62.4 Å². The maximum Gasteiger partial charge on any atom is 0.266 e. The molecule has 2 aromatic rings. The number of pyridine rings is 1. The smallest absolute Gasteiger partial charge is 0.266 e. The molecule has 1 amide bonds. The van der Waals surface area contributed by atoms with Crippen molar-refractivity contribution in [3.05, 3.63) is 62.1 Å². The Balaban J connectivity index is 2.14. The first-order valence-electron chi connectivity index (χ1n) is 7.83. The molecule has 0 spiro atoms. The molecule has 0 aliphatic carbocycles. The van der Waals surface area contributed by atoms with Crippen molar-refractivity contribution >= 4 is 11.6 Å². The Morgan fingerprint density at radius 1 is 1.25 bits per heavy atom. The standard InChI is InChI=1S/C19H21N3O2/c1-11-5-6-12(2)17(9-11)22-18(23)8-7-15-13(3)16(10-20)19(24)21-14(15)4/h5-6,9H,7-8H2,1-4H3,(H,21,24)(H,22,23). The highest BCUT2D eigenvalue weighted by molar-refractivity contribution is 5.91. The van der Waals surface area contributed by atoms with Crippen molar-refractivity contribution in [3.63, 3.8) is 0 Å². The number of nitriles is 1. The fraction of sp³-hybridized carbons (Fsp3) is 0.316. The van der Waals surface area contributed by atoms with E-state index in [2.05, 4.69) is 10.3 Å². The van der Waals surface area contributed by atoms with Crippen LogP contribution in [0.4, 0.5) is 5.69 Å². The molecule has 1 heterocycles. The number of aryl methyl sites for hydroxylation is 3. The van der Waals surface area contributed by atoms with Crippen LogP contribution in [0.15, 0.2) is 23.0 Å². The molecule has 0 fully saturated rings. The lowest BCUT2D eigenvalue weighted by molar-refractivity contribution is -0.116. The van der Waals surface area contributed by atoms with Gasteiger partial charge in [0.05, 0.1) is 0 Å². The second-order valence-corrected chi connectivity index (χ2v) is 6.04. The molecular formula is C19H21N3O2. The van der Waals surface area contributed by atoms with Crippen LogP contribution in [0.2, 0.25) is 0 Å². The van der Waals surface area contributed by atoms with Crippen LogP contribution >= 0.6 is 0 Å². The van der Waals surface area contributed by atoms with E-state index in [1.165, 1.54) is 0 Å². The fourth-order valence-corrected chi connectivity index (χ4v) is 2.74. The number of H-pyrrole nitrogens is 1. The van der Waals surface area contributed by atoms with E-state index in [1.54, 1.807) is 13.8 Å². The second-order valence-electron chi connectivity index (χ2n) is 6.04. The number of aromatic amines is 1. The van der Waals surface area contributed by atoms with Crippen LogP contribution in [0.25, 0.3) is 0 Å². The van der Waals surface area contributed by atoms with E-state index in [4.69, 9.17) is 5.26 Å². The van der Waals surface area contributed by atoms with Gasteiger partial charge in [0.15, 0.2) is 0 Å². The van der Waals surface area contributed by atoms with Gasteiger partial charge >= 0.3 is 0 Å². The third-order valence-corrected chi connectivity index (χ3v) is 4.19. The fourth-order valence-electron chi connectivity index (χ4n) is 2.74. The molecule has 1 aromatic heterocycles.